The predicted octanol–water partition coefficient (Wildman–Crippen LogP) is 4.78. The van der Waals surface area contributed by atoms with Crippen molar-refractivity contribution in [3.8, 4) is 0 Å². The highest BCUT2D eigenvalue weighted by molar-refractivity contribution is 5.97. The first kappa shape index (κ1) is 27.8. The molecule has 3 atom stereocenters. The second kappa shape index (κ2) is 10.7. The van der Waals surface area contributed by atoms with Crippen LogP contribution in [0.15, 0.2) is 42.5 Å². The van der Waals surface area contributed by atoms with Gasteiger partial charge in [0.25, 0.3) is 0 Å². The van der Waals surface area contributed by atoms with Gasteiger partial charge in [-0.2, -0.15) is 0 Å². The lowest BCUT2D eigenvalue weighted by molar-refractivity contribution is -0.117. The summed E-state index contributed by atoms with van der Waals surface area (Å²) >= 11 is 0. The number of hydrogen-bond donors (Lipinski definition) is 2. The molecule has 40 heavy (non-hydrogen) atoms. The SMILES string of the molecule is CC(=O)N1c2ccc(C(N)=O)cc2[C@H](Nc2cccc(N3CCN(C(=O)OC(C)(C)C)CC3)c2)[C@@H](C)[C@@H]1C1CC1. The van der Waals surface area contributed by atoms with E-state index in [2.05, 4.69) is 29.3 Å². The minimum Gasteiger partial charge on any atom is -0.444 e. The summed E-state index contributed by atoms with van der Waals surface area (Å²) < 4.78 is 5.54. The predicted molar refractivity (Wildman–Crippen MR) is 157 cm³/mol. The van der Waals surface area contributed by atoms with E-state index < -0.39 is 11.5 Å². The number of rotatable bonds is 5. The quantitative estimate of drug-likeness (QED) is 0.558. The summed E-state index contributed by atoms with van der Waals surface area (Å²) in [6.07, 6.45) is 1.96. The highest BCUT2D eigenvalue weighted by Crippen LogP contribution is 2.50. The maximum absolute atomic E-state index is 12.9. The van der Waals surface area contributed by atoms with Gasteiger partial charge in [-0.05, 0) is 81.5 Å². The van der Waals surface area contributed by atoms with Crippen LogP contribution in [0.3, 0.4) is 0 Å². The van der Waals surface area contributed by atoms with Crippen LogP contribution in [-0.4, -0.2) is 60.6 Å². The number of anilines is 3. The lowest BCUT2D eigenvalue weighted by Gasteiger charge is -2.46. The van der Waals surface area contributed by atoms with Crippen LogP contribution in [0.4, 0.5) is 21.9 Å². The molecule has 0 aromatic heterocycles. The summed E-state index contributed by atoms with van der Waals surface area (Å²) in [5, 5.41) is 3.76. The molecule has 0 unspecified atom stereocenters. The summed E-state index contributed by atoms with van der Waals surface area (Å²) in [6.45, 7) is 12.1. The number of nitrogens with zero attached hydrogens (tertiary/aromatic N) is 3. The molecule has 2 fully saturated rings. The Hall–Kier alpha value is -3.75. The van der Waals surface area contributed by atoms with E-state index in [0.29, 0.717) is 37.7 Å². The normalized spacial score (nSPS) is 22.9. The highest BCUT2D eigenvalue weighted by atomic mass is 16.6. The lowest BCUT2D eigenvalue weighted by Crippen LogP contribution is -2.51. The molecule has 2 aromatic carbocycles. The molecule has 1 saturated heterocycles. The molecule has 2 aliphatic heterocycles. The molecule has 9 nitrogen and oxygen atoms in total. The fourth-order valence-electron chi connectivity index (χ4n) is 6.16. The molecule has 3 amide bonds. The van der Waals surface area contributed by atoms with Gasteiger partial charge in [0.2, 0.25) is 11.8 Å². The zero-order valence-corrected chi connectivity index (χ0v) is 24.1. The average molecular weight is 548 g/mol. The van der Waals surface area contributed by atoms with E-state index in [1.807, 2.05) is 49.9 Å². The summed E-state index contributed by atoms with van der Waals surface area (Å²) in [4.78, 5) is 43.4. The van der Waals surface area contributed by atoms with Crippen LogP contribution >= 0.6 is 0 Å². The van der Waals surface area contributed by atoms with E-state index in [1.165, 1.54) is 0 Å². The molecule has 0 spiro atoms. The number of ether oxygens (including phenoxy) is 1. The summed E-state index contributed by atoms with van der Waals surface area (Å²) in [5.41, 5.74) is 9.36. The van der Waals surface area contributed by atoms with Crippen LogP contribution in [-0.2, 0) is 9.53 Å². The number of benzene rings is 2. The van der Waals surface area contributed by atoms with Gasteiger partial charge in [0.05, 0.1) is 6.04 Å². The molecular formula is C31H41N5O4. The highest BCUT2D eigenvalue weighted by Gasteiger charge is 2.47. The fraction of sp³-hybridized carbons (Fsp3) is 0.516. The number of amides is 3. The van der Waals surface area contributed by atoms with Crippen LogP contribution in [0.2, 0.25) is 0 Å². The van der Waals surface area contributed by atoms with E-state index in [0.717, 1.165) is 35.5 Å². The van der Waals surface area contributed by atoms with Gasteiger partial charge < -0.3 is 30.5 Å². The molecule has 0 bridgehead atoms. The second-order valence-electron chi connectivity index (χ2n) is 12.3. The smallest absolute Gasteiger partial charge is 0.410 e. The Morgan fingerprint density at radius 2 is 1.70 bits per heavy atom. The third-order valence-electron chi connectivity index (χ3n) is 8.18. The maximum Gasteiger partial charge on any atom is 0.410 e. The van der Waals surface area contributed by atoms with Crippen molar-refractivity contribution in [2.75, 3.05) is 41.3 Å². The average Bonchev–Trinajstić information content (AvgIpc) is 3.74. The van der Waals surface area contributed by atoms with Crippen molar-refractivity contribution in [3.63, 3.8) is 0 Å². The molecule has 9 heteroatoms. The monoisotopic (exact) mass is 547 g/mol. The molecule has 0 radical (unpaired) electrons. The van der Waals surface area contributed by atoms with Gasteiger partial charge in [-0.1, -0.05) is 13.0 Å². The Morgan fingerprint density at radius 3 is 2.30 bits per heavy atom. The van der Waals surface area contributed by atoms with E-state index in [1.54, 1.807) is 17.9 Å². The Kier molecular flexibility index (Phi) is 7.42. The number of fused-ring (bicyclic) bond motifs is 1. The minimum absolute atomic E-state index is 0.0165. The van der Waals surface area contributed by atoms with Crippen molar-refractivity contribution in [1.82, 2.24) is 4.90 Å². The standard InChI is InChI=1S/C31H41N5O4/c1-19-27(25-17-22(29(32)38)11-12-26(25)36(20(2)37)28(19)21-9-10-21)33-23-7-6-8-24(18-23)34-13-15-35(16-14-34)30(39)40-31(3,4)5/h6-8,11-12,17-19,21,27-28,33H,9-10,13-16H2,1-5H3,(H2,32,38)/t19-,27-,28-/m1/s1. The van der Waals surface area contributed by atoms with Crippen molar-refractivity contribution in [3.05, 3.63) is 53.6 Å². The van der Waals surface area contributed by atoms with Crippen molar-refractivity contribution in [1.29, 1.82) is 0 Å². The van der Waals surface area contributed by atoms with Gasteiger partial charge >= 0.3 is 6.09 Å². The Morgan fingerprint density at radius 1 is 1.00 bits per heavy atom. The molecule has 1 aliphatic carbocycles. The molecule has 214 valence electrons. The zero-order valence-electron chi connectivity index (χ0n) is 24.1. The van der Waals surface area contributed by atoms with Crippen molar-refractivity contribution >= 4 is 35.0 Å². The number of primary amides is 1. The number of nitrogens with two attached hydrogens (primary N) is 1. The lowest BCUT2D eigenvalue weighted by atomic mass is 9.79. The number of piperazine rings is 1. The zero-order chi connectivity index (χ0) is 28.8. The fourth-order valence-corrected chi connectivity index (χ4v) is 6.16. The summed E-state index contributed by atoms with van der Waals surface area (Å²) in [5.74, 6) is 0.121. The molecule has 3 N–H and O–H groups in total. The molecule has 5 rings (SSSR count). The van der Waals surface area contributed by atoms with Crippen molar-refractivity contribution < 1.29 is 19.1 Å². The van der Waals surface area contributed by atoms with Gasteiger partial charge in [0.1, 0.15) is 5.60 Å². The Labute approximate surface area is 236 Å². The number of hydrogen-bond acceptors (Lipinski definition) is 6. The molecular weight excluding hydrogens is 506 g/mol. The second-order valence-corrected chi connectivity index (χ2v) is 12.3. The van der Waals surface area contributed by atoms with Crippen LogP contribution in [0.25, 0.3) is 0 Å². The number of nitrogens with one attached hydrogen (secondary N) is 1. The first-order valence-corrected chi connectivity index (χ1v) is 14.3. The van der Waals surface area contributed by atoms with E-state index in [4.69, 9.17) is 10.5 Å². The van der Waals surface area contributed by atoms with Crippen LogP contribution in [0, 0.1) is 11.8 Å². The minimum atomic E-state index is -0.513. The van der Waals surface area contributed by atoms with E-state index >= 15 is 0 Å². The third-order valence-corrected chi connectivity index (χ3v) is 8.18. The maximum atomic E-state index is 12.9. The van der Waals surface area contributed by atoms with Gasteiger partial charge in [-0.3, -0.25) is 9.59 Å². The van der Waals surface area contributed by atoms with E-state index in [-0.39, 0.29) is 30.0 Å². The molecule has 2 aromatic rings. The van der Waals surface area contributed by atoms with Gasteiger partial charge in [0.15, 0.2) is 0 Å². The van der Waals surface area contributed by atoms with Gasteiger partial charge in [-0.25, -0.2) is 4.79 Å². The Bertz CT molecular complexity index is 1290. The van der Waals surface area contributed by atoms with E-state index in [9.17, 15) is 14.4 Å². The van der Waals surface area contributed by atoms with Crippen LogP contribution < -0.4 is 20.9 Å². The molecule has 1 saturated carbocycles. The van der Waals surface area contributed by atoms with Crippen LogP contribution in [0.1, 0.15) is 69.4 Å². The largest absolute Gasteiger partial charge is 0.444 e. The number of carbonyl (C=O) groups is 3. The van der Waals surface area contributed by atoms with Gasteiger partial charge in [0, 0.05) is 67.7 Å². The molecule has 2 heterocycles. The summed E-state index contributed by atoms with van der Waals surface area (Å²) in [6, 6.07) is 13.7. The summed E-state index contributed by atoms with van der Waals surface area (Å²) in [7, 11) is 0. The molecule has 3 aliphatic rings. The third kappa shape index (κ3) is 5.74. The number of carbonyl (C=O) groups excluding carboxylic acids is 3. The van der Waals surface area contributed by atoms with Crippen LogP contribution in [0.5, 0.6) is 0 Å². The van der Waals surface area contributed by atoms with Crippen molar-refractivity contribution in [2.45, 2.75) is 65.1 Å². The topological polar surface area (TPSA) is 108 Å². The van der Waals surface area contributed by atoms with Crippen molar-refractivity contribution in [2.24, 2.45) is 17.6 Å². The van der Waals surface area contributed by atoms with Gasteiger partial charge in [-0.15, -0.1) is 0 Å². The Balaban J connectivity index is 1.38. The first-order chi connectivity index (χ1) is 18.9. The first-order valence-electron chi connectivity index (χ1n) is 14.3.